The Labute approximate surface area is 146 Å². The van der Waals surface area contributed by atoms with E-state index in [4.69, 9.17) is 0 Å². The average Bonchev–Trinajstić information content (AvgIpc) is 3.14. The van der Waals surface area contributed by atoms with Crippen molar-refractivity contribution in [2.75, 3.05) is 6.54 Å². The summed E-state index contributed by atoms with van der Waals surface area (Å²) in [4.78, 5) is 26.4. The van der Waals surface area contributed by atoms with E-state index in [1.54, 1.807) is 10.9 Å². The number of carboxylic acids is 1. The van der Waals surface area contributed by atoms with Gasteiger partial charge in [-0.15, -0.1) is 5.10 Å². The third-order valence-corrected chi connectivity index (χ3v) is 5.19. The minimum Gasteiger partial charge on any atom is -0.480 e. The number of hydrogen-bond acceptors (Lipinski definition) is 5. The van der Waals surface area contributed by atoms with Gasteiger partial charge in [0, 0.05) is 25.1 Å². The number of aliphatic carboxylic acids is 1. The standard InChI is InChI=1S/C17H26N4O4/c1-16(2,3)13(21-9-12(18-19-21)10-5-6-10)14(23)20-8-11(22)7-17(20,4)15(24)25/h9-11,13,22H,5-8H2,1-4H3,(H,24,25)/t11-,13?,17+/m1/s1. The number of β-amino-alcohol motifs (C(OH)–C–C–N with tert-alkyl or cyclic N) is 1. The number of nitrogens with zero attached hydrogens (tertiary/aromatic N) is 4. The Morgan fingerprint density at radius 3 is 2.52 bits per heavy atom. The highest BCUT2D eigenvalue weighted by Crippen LogP contribution is 2.41. The molecule has 1 aliphatic carbocycles. The number of carbonyl (C=O) groups excluding carboxylic acids is 1. The van der Waals surface area contributed by atoms with Crippen molar-refractivity contribution in [2.24, 2.45) is 5.41 Å². The van der Waals surface area contributed by atoms with Gasteiger partial charge in [-0.05, 0) is 25.2 Å². The van der Waals surface area contributed by atoms with Crippen molar-refractivity contribution in [3.8, 4) is 0 Å². The molecule has 0 aromatic carbocycles. The molecule has 0 bridgehead atoms. The Hall–Kier alpha value is -1.96. The Kier molecular flexibility index (Phi) is 4.14. The van der Waals surface area contributed by atoms with E-state index in [2.05, 4.69) is 10.3 Å². The first-order valence-electron chi connectivity index (χ1n) is 8.68. The van der Waals surface area contributed by atoms with Crippen LogP contribution >= 0.6 is 0 Å². The lowest BCUT2D eigenvalue weighted by atomic mass is 9.85. The lowest BCUT2D eigenvalue weighted by molar-refractivity contribution is -0.158. The quantitative estimate of drug-likeness (QED) is 0.844. The van der Waals surface area contributed by atoms with Crippen molar-refractivity contribution in [1.82, 2.24) is 19.9 Å². The second-order valence-electron chi connectivity index (χ2n) is 8.55. The lowest BCUT2D eigenvalue weighted by Gasteiger charge is -2.37. The van der Waals surface area contributed by atoms with Gasteiger partial charge in [-0.2, -0.15) is 0 Å². The molecule has 138 valence electrons. The minimum absolute atomic E-state index is 0.0123. The van der Waals surface area contributed by atoms with Crippen LogP contribution in [0.1, 0.15) is 64.6 Å². The highest BCUT2D eigenvalue weighted by molar-refractivity contribution is 5.89. The van der Waals surface area contributed by atoms with Crippen LogP contribution in [-0.2, 0) is 9.59 Å². The van der Waals surface area contributed by atoms with Crippen molar-refractivity contribution in [2.45, 2.75) is 70.6 Å². The van der Waals surface area contributed by atoms with Gasteiger partial charge in [-0.3, -0.25) is 4.79 Å². The normalized spacial score (nSPS) is 28.2. The second-order valence-corrected chi connectivity index (χ2v) is 8.55. The van der Waals surface area contributed by atoms with E-state index >= 15 is 0 Å². The maximum atomic E-state index is 13.3. The van der Waals surface area contributed by atoms with Gasteiger partial charge in [0.25, 0.3) is 0 Å². The van der Waals surface area contributed by atoms with Crippen LogP contribution in [-0.4, -0.2) is 60.2 Å². The summed E-state index contributed by atoms with van der Waals surface area (Å²) in [5, 5.41) is 27.9. The van der Waals surface area contributed by atoms with E-state index in [9.17, 15) is 19.8 Å². The lowest BCUT2D eigenvalue weighted by Crippen LogP contribution is -2.54. The second kappa shape index (κ2) is 5.79. The molecular formula is C17H26N4O4. The van der Waals surface area contributed by atoms with Crippen LogP contribution in [0.5, 0.6) is 0 Å². The first kappa shape index (κ1) is 17.8. The molecule has 2 N–H and O–H groups in total. The Morgan fingerprint density at radius 1 is 1.36 bits per heavy atom. The van der Waals surface area contributed by atoms with E-state index in [1.807, 2.05) is 20.8 Å². The van der Waals surface area contributed by atoms with Crippen LogP contribution in [0.2, 0.25) is 0 Å². The smallest absolute Gasteiger partial charge is 0.329 e. The zero-order valence-corrected chi connectivity index (χ0v) is 15.1. The zero-order valence-electron chi connectivity index (χ0n) is 15.1. The Balaban J connectivity index is 1.95. The summed E-state index contributed by atoms with van der Waals surface area (Å²) in [5.74, 6) is -1.04. The monoisotopic (exact) mass is 350 g/mol. The van der Waals surface area contributed by atoms with Gasteiger partial charge in [0.2, 0.25) is 5.91 Å². The molecule has 1 saturated heterocycles. The zero-order chi connectivity index (χ0) is 18.6. The fourth-order valence-electron chi connectivity index (χ4n) is 3.59. The van der Waals surface area contributed by atoms with Gasteiger partial charge in [0.05, 0.1) is 11.8 Å². The molecule has 1 aliphatic heterocycles. The van der Waals surface area contributed by atoms with Gasteiger partial charge < -0.3 is 15.1 Å². The number of likely N-dealkylation sites (tertiary alicyclic amines) is 1. The molecule has 1 unspecified atom stereocenters. The van der Waals surface area contributed by atoms with Crippen molar-refractivity contribution in [1.29, 1.82) is 0 Å². The minimum atomic E-state index is -1.42. The van der Waals surface area contributed by atoms with Crippen LogP contribution in [0.15, 0.2) is 6.20 Å². The number of hydrogen-bond donors (Lipinski definition) is 2. The van der Waals surface area contributed by atoms with Gasteiger partial charge in [-0.25, -0.2) is 9.48 Å². The van der Waals surface area contributed by atoms with Crippen molar-refractivity contribution in [3.05, 3.63) is 11.9 Å². The number of aromatic nitrogens is 3. The van der Waals surface area contributed by atoms with Crippen LogP contribution in [0, 0.1) is 5.41 Å². The van der Waals surface area contributed by atoms with E-state index in [0.29, 0.717) is 5.92 Å². The molecule has 1 aromatic rings. The maximum absolute atomic E-state index is 13.3. The third kappa shape index (κ3) is 3.15. The van der Waals surface area contributed by atoms with Gasteiger partial charge >= 0.3 is 5.97 Å². The van der Waals surface area contributed by atoms with Gasteiger partial charge in [0.15, 0.2) is 0 Å². The van der Waals surface area contributed by atoms with Gasteiger partial charge in [0.1, 0.15) is 11.6 Å². The summed E-state index contributed by atoms with van der Waals surface area (Å²) in [6.45, 7) is 7.24. The molecule has 1 aromatic heterocycles. The van der Waals surface area contributed by atoms with E-state index in [-0.39, 0.29) is 18.9 Å². The number of amides is 1. The highest BCUT2D eigenvalue weighted by atomic mass is 16.4. The summed E-state index contributed by atoms with van der Waals surface area (Å²) >= 11 is 0. The van der Waals surface area contributed by atoms with Crippen molar-refractivity contribution in [3.63, 3.8) is 0 Å². The fourth-order valence-corrected chi connectivity index (χ4v) is 3.59. The molecule has 0 spiro atoms. The Morgan fingerprint density at radius 2 is 2.00 bits per heavy atom. The van der Waals surface area contributed by atoms with E-state index in [1.165, 1.54) is 11.8 Å². The molecule has 8 nitrogen and oxygen atoms in total. The predicted octanol–water partition coefficient (Wildman–Crippen LogP) is 1.18. The van der Waals surface area contributed by atoms with Crippen LogP contribution in [0.3, 0.4) is 0 Å². The first-order valence-corrected chi connectivity index (χ1v) is 8.68. The summed E-state index contributed by atoms with van der Waals surface area (Å²) < 4.78 is 1.56. The van der Waals surface area contributed by atoms with Crippen LogP contribution in [0.25, 0.3) is 0 Å². The van der Waals surface area contributed by atoms with E-state index < -0.39 is 29.1 Å². The molecule has 2 fully saturated rings. The summed E-state index contributed by atoms with van der Waals surface area (Å²) in [7, 11) is 0. The molecule has 2 aliphatic rings. The topological polar surface area (TPSA) is 109 Å². The molecule has 1 amide bonds. The molecule has 2 heterocycles. The van der Waals surface area contributed by atoms with Crippen molar-refractivity contribution < 1.29 is 19.8 Å². The number of carboxylic acid groups (broad SMARTS) is 1. The largest absolute Gasteiger partial charge is 0.480 e. The maximum Gasteiger partial charge on any atom is 0.329 e. The first-order chi connectivity index (χ1) is 11.5. The SMILES string of the molecule is CC(C)(C)C(C(=O)N1C[C@H](O)C[C@@]1(C)C(=O)O)n1cc(C2CC2)nn1. The number of carbonyl (C=O) groups is 2. The summed E-state index contributed by atoms with van der Waals surface area (Å²) in [5.41, 5.74) is -1.03. The molecule has 25 heavy (non-hydrogen) atoms. The summed E-state index contributed by atoms with van der Waals surface area (Å²) in [6, 6.07) is -0.684. The fraction of sp³-hybridized carbons (Fsp3) is 0.765. The molecule has 8 heteroatoms. The Bertz CT molecular complexity index is 691. The number of aliphatic hydroxyl groups excluding tert-OH is 1. The van der Waals surface area contributed by atoms with Crippen molar-refractivity contribution >= 4 is 11.9 Å². The molecule has 3 atom stereocenters. The average molecular weight is 350 g/mol. The van der Waals surface area contributed by atoms with Crippen LogP contribution < -0.4 is 0 Å². The van der Waals surface area contributed by atoms with Gasteiger partial charge in [-0.1, -0.05) is 26.0 Å². The highest BCUT2D eigenvalue weighted by Gasteiger charge is 2.52. The molecular weight excluding hydrogens is 324 g/mol. The number of aliphatic hydroxyl groups is 1. The third-order valence-electron chi connectivity index (χ3n) is 5.19. The molecule has 3 rings (SSSR count). The molecule has 0 radical (unpaired) electrons. The summed E-state index contributed by atoms with van der Waals surface area (Å²) in [6.07, 6.45) is 3.15. The number of rotatable bonds is 4. The van der Waals surface area contributed by atoms with E-state index in [0.717, 1.165) is 18.5 Å². The molecule has 1 saturated carbocycles. The van der Waals surface area contributed by atoms with Crippen LogP contribution in [0.4, 0.5) is 0 Å². The predicted molar refractivity (Wildman–Crippen MR) is 88.9 cm³/mol.